The van der Waals surface area contributed by atoms with E-state index < -0.39 is 0 Å². The molecular formula is C19H25NS. The van der Waals surface area contributed by atoms with E-state index >= 15 is 0 Å². The van der Waals surface area contributed by atoms with Gasteiger partial charge in [-0.05, 0) is 42.2 Å². The Bertz CT molecular complexity index is 520. The van der Waals surface area contributed by atoms with E-state index in [1.165, 1.54) is 42.5 Å². The molecule has 0 amide bonds. The summed E-state index contributed by atoms with van der Waals surface area (Å²) in [5, 5.41) is 6.13. The van der Waals surface area contributed by atoms with E-state index in [2.05, 4.69) is 60.1 Å². The van der Waals surface area contributed by atoms with Crippen molar-refractivity contribution in [3.05, 3.63) is 58.3 Å². The Hall–Kier alpha value is -1.12. The summed E-state index contributed by atoms with van der Waals surface area (Å²) in [6.07, 6.45) is 6.76. The topological polar surface area (TPSA) is 12.0 Å². The molecule has 1 aromatic heterocycles. The lowest BCUT2D eigenvalue weighted by Crippen LogP contribution is -2.32. The van der Waals surface area contributed by atoms with Gasteiger partial charge in [0.05, 0.1) is 6.04 Å². The predicted octanol–water partition coefficient (Wildman–Crippen LogP) is 5.40. The molecular weight excluding hydrogens is 274 g/mol. The van der Waals surface area contributed by atoms with Gasteiger partial charge in [-0.3, -0.25) is 0 Å². The van der Waals surface area contributed by atoms with Crippen molar-refractivity contribution < 1.29 is 0 Å². The van der Waals surface area contributed by atoms with Gasteiger partial charge in [-0.25, -0.2) is 0 Å². The molecule has 1 saturated carbocycles. The maximum atomic E-state index is 3.95. The molecule has 0 aliphatic heterocycles. The van der Waals surface area contributed by atoms with Crippen LogP contribution in [0.4, 0.5) is 0 Å². The third-order valence-electron chi connectivity index (χ3n) is 4.62. The number of nitrogens with one attached hydrogen (secondary N) is 1. The Labute approximate surface area is 132 Å². The molecule has 0 radical (unpaired) electrons. The summed E-state index contributed by atoms with van der Waals surface area (Å²) in [5.74, 6) is 0.897. The molecule has 1 aliphatic carbocycles. The van der Waals surface area contributed by atoms with Gasteiger partial charge >= 0.3 is 0 Å². The molecule has 2 heteroatoms. The number of thiophene rings is 1. The molecule has 1 fully saturated rings. The van der Waals surface area contributed by atoms with Crippen molar-refractivity contribution in [3.63, 3.8) is 0 Å². The van der Waals surface area contributed by atoms with Crippen LogP contribution in [0.15, 0.2) is 47.8 Å². The monoisotopic (exact) mass is 299 g/mol. The molecule has 1 aromatic carbocycles. The molecule has 3 atom stereocenters. The average molecular weight is 299 g/mol. The zero-order chi connectivity index (χ0) is 14.5. The maximum absolute atomic E-state index is 3.95. The highest BCUT2D eigenvalue weighted by atomic mass is 32.1. The fourth-order valence-electron chi connectivity index (χ4n) is 3.33. The number of benzene rings is 1. The van der Waals surface area contributed by atoms with Crippen LogP contribution < -0.4 is 5.32 Å². The molecule has 0 spiro atoms. The van der Waals surface area contributed by atoms with Gasteiger partial charge in [0.25, 0.3) is 0 Å². The van der Waals surface area contributed by atoms with E-state index in [4.69, 9.17) is 0 Å². The Balaban J connectivity index is 1.77. The van der Waals surface area contributed by atoms with Gasteiger partial charge in [0.15, 0.2) is 0 Å². The summed E-state index contributed by atoms with van der Waals surface area (Å²) in [4.78, 5) is 1.43. The molecule has 112 valence electrons. The first-order valence-corrected chi connectivity index (χ1v) is 9.05. The lowest BCUT2D eigenvalue weighted by molar-refractivity contribution is 0.422. The molecule has 1 aliphatic rings. The third-order valence-corrected chi connectivity index (χ3v) is 5.56. The van der Waals surface area contributed by atoms with Crippen LogP contribution in [0.2, 0.25) is 0 Å². The highest BCUT2D eigenvalue weighted by Crippen LogP contribution is 2.29. The normalized spacial score (nSPS) is 24.4. The van der Waals surface area contributed by atoms with Crippen molar-refractivity contribution in [3.8, 4) is 0 Å². The third kappa shape index (κ3) is 3.96. The molecule has 3 rings (SSSR count). The molecule has 1 heterocycles. The van der Waals surface area contributed by atoms with Crippen molar-refractivity contribution >= 4 is 11.3 Å². The summed E-state index contributed by atoms with van der Waals surface area (Å²) in [6.45, 7) is 2.40. The molecule has 0 bridgehead atoms. The van der Waals surface area contributed by atoms with Crippen LogP contribution in [0.1, 0.15) is 55.5 Å². The van der Waals surface area contributed by atoms with Crippen LogP contribution in [-0.2, 0) is 0 Å². The molecule has 1 N–H and O–H groups in total. The van der Waals surface area contributed by atoms with Crippen molar-refractivity contribution in [1.82, 2.24) is 5.32 Å². The average Bonchev–Trinajstić information content (AvgIpc) is 2.96. The van der Waals surface area contributed by atoms with E-state index in [1.54, 1.807) is 0 Å². The number of rotatable bonds is 4. The predicted molar refractivity (Wildman–Crippen MR) is 91.8 cm³/mol. The van der Waals surface area contributed by atoms with Gasteiger partial charge in [0.1, 0.15) is 0 Å². The molecule has 2 aromatic rings. The van der Waals surface area contributed by atoms with Crippen LogP contribution in [0.3, 0.4) is 0 Å². The van der Waals surface area contributed by atoms with Crippen LogP contribution in [-0.4, -0.2) is 6.04 Å². The largest absolute Gasteiger partial charge is 0.303 e. The molecule has 3 unspecified atom stereocenters. The Kier molecular flexibility index (Phi) is 5.10. The first kappa shape index (κ1) is 14.8. The number of hydrogen-bond acceptors (Lipinski definition) is 2. The summed E-state index contributed by atoms with van der Waals surface area (Å²) in [5.41, 5.74) is 1.39. The summed E-state index contributed by atoms with van der Waals surface area (Å²) in [6, 6.07) is 16.3. The van der Waals surface area contributed by atoms with E-state index in [-0.39, 0.29) is 0 Å². The lowest BCUT2D eigenvalue weighted by atomic mass is 10.0. The van der Waals surface area contributed by atoms with Crippen LogP contribution >= 0.6 is 11.3 Å². The fraction of sp³-hybridized carbons (Fsp3) is 0.474. The second kappa shape index (κ2) is 7.24. The summed E-state index contributed by atoms with van der Waals surface area (Å²) >= 11 is 1.86. The standard InChI is InChI=1S/C19H25NS/c1-15-7-5-10-17(13-12-15)20-19(18-11-6-14-21-18)16-8-3-2-4-9-16/h2-4,6,8-9,11,14-15,17,19-20H,5,7,10,12-13H2,1H3. The van der Waals surface area contributed by atoms with Crippen LogP contribution in [0.25, 0.3) is 0 Å². The summed E-state index contributed by atoms with van der Waals surface area (Å²) < 4.78 is 0. The van der Waals surface area contributed by atoms with Crippen molar-refractivity contribution in [1.29, 1.82) is 0 Å². The maximum Gasteiger partial charge on any atom is 0.0673 e. The Morgan fingerprint density at radius 1 is 1.00 bits per heavy atom. The van der Waals surface area contributed by atoms with E-state index in [0.717, 1.165) is 5.92 Å². The Morgan fingerprint density at radius 2 is 1.86 bits per heavy atom. The van der Waals surface area contributed by atoms with Crippen LogP contribution in [0, 0.1) is 5.92 Å². The number of hydrogen-bond donors (Lipinski definition) is 1. The van der Waals surface area contributed by atoms with E-state index in [0.29, 0.717) is 12.1 Å². The Morgan fingerprint density at radius 3 is 2.62 bits per heavy atom. The fourth-order valence-corrected chi connectivity index (χ4v) is 4.14. The highest BCUT2D eigenvalue weighted by molar-refractivity contribution is 7.10. The zero-order valence-electron chi connectivity index (χ0n) is 12.8. The van der Waals surface area contributed by atoms with E-state index in [1.807, 2.05) is 11.3 Å². The van der Waals surface area contributed by atoms with E-state index in [9.17, 15) is 0 Å². The van der Waals surface area contributed by atoms with Crippen LogP contribution in [0.5, 0.6) is 0 Å². The summed E-state index contributed by atoms with van der Waals surface area (Å²) in [7, 11) is 0. The molecule has 0 saturated heterocycles. The van der Waals surface area contributed by atoms with Crippen molar-refractivity contribution in [2.45, 2.75) is 51.1 Å². The van der Waals surface area contributed by atoms with Gasteiger partial charge in [-0.15, -0.1) is 11.3 Å². The molecule has 21 heavy (non-hydrogen) atoms. The van der Waals surface area contributed by atoms with Gasteiger partial charge in [0.2, 0.25) is 0 Å². The van der Waals surface area contributed by atoms with Crippen molar-refractivity contribution in [2.24, 2.45) is 5.92 Å². The van der Waals surface area contributed by atoms with Gasteiger partial charge in [-0.2, -0.15) is 0 Å². The van der Waals surface area contributed by atoms with Gasteiger partial charge in [0, 0.05) is 10.9 Å². The van der Waals surface area contributed by atoms with Crippen molar-refractivity contribution in [2.75, 3.05) is 0 Å². The minimum Gasteiger partial charge on any atom is -0.303 e. The smallest absolute Gasteiger partial charge is 0.0673 e. The lowest BCUT2D eigenvalue weighted by Gasteiger charge is -2.25. The quantitative estimate of drug-likeness (QED) is 0.746. The first-order valence-electron chi connectivity index (χ1n) is 8.17. The zero-order valence-corrected chi connectivity index (χ0v) is 13.6. The first-order chi connectivity index (χ1) is 10.3. The SMILES string of the molecule is CC1CCCC(NC(c2ccccc2)c2cccs2)CC1. The minimum absolute atomic E-state index is 0.351. The molecule has 1 nitrogen and oxygen atoms in total. The second-order valence-corrected chi connectivity index (χ2v) is 7.32. The second-order valence-electron chi connectivity index (χ2n) is 6.34. The van der Waals surface area contributed by atoms with Gasteiger partial charge < -0.3 is 5.32 Å². The highest BCUT2D eigenvalue weighted by Gasteiger charge is 2.22. The van der Waals surface area contributed by atoms with Gasteiger partial charge in [-0.1, -0.05) is 56.2 Å². The minimum atomic E-state index is 0.351.